The third kappa shape index (κ3) is 5.43. The summed E-state index contributed by atoms with van der Waals surface area (Å²) >= 11 is 9.75. The summed E-state index contributed by atoms with van der Waals surface area (Å²) in [6.45, 7) is 7.23. The quantitative estimate of drug-likeness (QED) is 0.0859. The first-order chi connectivity index (χ1) is 22.7. The van der Waals surface area contributed by atoms with Crippen molar-refractivity contribution >= 4 is 55.4 Å². The molecular weight excluding hydrogens is 784 g/mol. The average molecular weight is 821 g/mol. The Labute approximate surface area is 303 Å². The van der Waals surface area contributed by atoms with Crippen LogP contribution in [0.1, 0.15) is 107 Å². The molecule has 48 heavy (non-hydrogen) atoms. The summed E-state index contributed by atoms with van der Waals surface area (Å²) < 4.78 is 0.0976. The second-order valence-electron chi connectivity index (χ2n) is 12.6. The van der Waals surface area contributed by atoms with Gasteiger partial charge >= 0.3 is 0 Å². The third-order valence-corrected chi connectivity index (χ3v) is 13.7. The zero-order valence-electron chi connectivity index (χ0n) is 26.6. The van der Waals surface area contributed by atoms with E-state index in [1.807, 2.05) is 0 Å². The van der Waals surface area contributed by atoms with Gasteiger partial charge in [-0.3, -0.25) is 0 Å². The zero-order valence-corrected chi connectivity index (χ0v) is 31.4. The summed E-state index contributed by atoms with van der Waals surface area (Å²) in [7, 11) is 0. The fraction of sp³-hybridized carbons (Fsp3) is 0.333. The van der Waals surface area contributed by atoms with Crippen LogP contribution in [0.15, 0.2) is 33.2 Å². The number of rotatable bonds is 0. The molecule has 7 rings (SSSR count). The lowest BCUT2D eigenvalue weighted by Crippen LogP contribution is -2.09. The summed E-state index contributed by atoms with van der Waals surface area (Å²) in [5, 5.41) is 92.5. The van der Waals surface area contributed by atoms with Crippen LogP contribution in [-0.4, -0.2) is 52.4 Å². The van der Waals surface area contributed by atoms with Crippen LogP contribution < -0.4 is 0 Å². The van der Waals surface area contributed by atoms with Crippen molar-refractivity contribution in [2.75, 3.05) is 11.5 Å². The van der Waals surface area contributed by atoms with Crippen molar-refractivity contribution in [2.24, 2.45) is 0 Å². The van der Waals surface area contributed by atoms with E-state index in [0.29, 0.717) is 67.1 Å². The molecule has 3 aliphatic rings. The molecule has 0 radical (unpaired) electrons. The van der Waals surface area contributed by atoms with Crippen molar-refractivity contribution in [1.82, 2.24) is 0 Å². The van der Waals surface area contributed by atoms with Gasteiger partial charge in [0, 0.05) is 102 Å². The highest BCUT2D eigenvalue weighted by atomic mass is 79.9. The number of halogens is 2. The first-order valence-electron chi connectivity index (χ1n) is 15.5. The maximum atomic E-state index is 11.7. The maximum absolute atomic E-state index is 11.7. The first-order valence-corrected chi connectivity index (χ1v) is 19.4. The van der Waals surface area contributed by atoms with Gasteiger partial charge in [-0.2, -0.15) is 23.5 Å². The Morgan fingerprint density at radius 2 is 0.625 bits per heavy atom. The van der Waals surface area contributed by atoms with Crippen LogP contribution in [0.5, 0.6) is 46.0 Å². The van der Waals surface area contributed by atoms with Gasteiger partial charge in [-0.25, -0.2) is 0 Å². The second-order valence-corrected chi connectivity index (χ2v) is 16.4. The summed E-state index contributed by atoms with van der Waals surface area (Å²) in [4.78, 5) is 0. The molecule has 4 atom stereocenters. The Kier molecular flexibility index (Phi) is 9.42. The van der Waals surface area contributed by atoms with E-state index < -0.39 is 23.7 Å². The minimum Gasteiger partial charge on any atom is -0.507 e. The van der Waals surface area contributed by atoms with E-state index >= 15 is 0 Å². The normalized spacial score (nSPS) is 20.9. The van der Waals surface area contributed by atoms with Gasteiger partial charge in [0.25, 0.3) is 0 Å². The molecular formula is C36H36Br2O8S2. The smallest absolute Gasteiger partial charge is 0.137 e. The van der Waals surface area contributed by atoms with E-state index in [0.717, 1.165) is 0 Å². The Morgan fingerprint density at radius 3 is 0.854 bits per heavy atom. The Morgan fingerprint density at radius 1 is 0.417 bits per heavy atom. The third-order valence-electron chi connectivity index (χ3n) is 10.0. The largest absolute Gasteiger partial charge is 0.507 e. The molecule has 2 heterocycles. The molecule has 10 bridgehead atoms. The van der Waals surface area contributed by atoms with E-state index in [1.165, 1.54) is 23.5 Å². The van der Waals surface area contributed by atoms with Crippen molar-refractivity contribution in [3.63, 3.8) is 0 Å². The number of phenolic OH excluding ortho intramolecular Hbond substituents is 8. The molecule has 4 aromatic carbocycles. The van der Waals surface area contributed by atoms with Gasteiger partial charge in [-0.15, -0.1) is 0 Å². The molecule has 1 aliphatic carbocycles. The van der Waals surface area contributed by atoms with E-state index in [4.69, 9.17) is 0 Å². The molecule has 0 fully saturated rings. The zero-order chi connectivity index (χ0) is 34.9. The van der Waals surface area contributed by atoms with Gasteiger partial charge in [0.05, 0.1) is 0 Å². The number of hydrogen-bond donors (Lipinski definition) is 8. The topological polar surface area (TPSA) is 162 Å². The Balaban J connectivity index is 1.82. The lowest BCUT2D eigenvalue weighted by Gasteiger charge is -2.28. The van der Waals surface area contributed by atoms with Gasteiger partial charge < -0.3 is 40.9 Å². The molecule has 8 nitrogen and oxygen atoms in total. The van der Waals surface area contributed by atoms with Crippen molar-refractivity contribution in [1.29, 1.82) is 0 Å². The second kappa shape index (κ2) is 13.0. The average Bonchev–Trinajstić information content (AvgIpc) is 3.05. The lowest BCUT2D eigenvalue weighted by molar-refractivity contribution is 0.422. The number of hydrogen-bond acceptors (Lipinski definition) is 10. The molecule has 0 aromatic heterocycles. The molecule has 0 saturated heterocycles. The molecule has 0 amide bonds. The van der Waals surface area contributed by atoms with E-state index in [2.05, 4.69) is 31.9 Å². The summed E-state index contributed by atoms with van der Waals surface area (Å²) in [5.41, 5.74) is 3.85. The molecule has 12 heteroatoms. The molecule has 4 aromatic rings. The number of fused-ring (bicyclic) bond motifs is 5. The number of aromatic hydroxyl groups is 8. The van der Waals surface area contributed by atoms with Crippen LogP contribution in [0.3, 0.4) is 0 Å². The first kappa shape index (κ1) is 34.8. The minimum atomic E-state index is -0.655. The lowest BCUT2D eigenvalue weighted by atomic mass is 9.79. The van der Waals surface area contributed by atoms with Crippen LogP contribution in [0.25, 0.3) is 0 Å². The monoisotopic (exact) mass is 818 g/mol. The highest BCUT2D eigenvalue weighted by Gasteiger charge is 2.33. The van der Waals surface area contributed by atoms with Gasteiger partial charge in [0.15, 0.2) is 0 Å². The highest BCUT2D eigenvalue weighted by molar-refractivity contribution is 9.11. The van der Waals surface area contributed by atoms with Crippen molar-refractivity contribution < 1.29 is 40.9 Å². The van der Waals surface area contributed by atoms with E-state index in [9.17, 15) is 40.9 Å². The van der Waals surface area contributed by atoms with Crippen LogP contribution in [0.2, 0.25) is 0 Å². The molecule has 8 N–H and O–H groups in total. The Bertz CT molecular complexity index is 1720. The molecule has 0 saturated carbocycles. The van der Waals surface area contributed by atoms with Crippen LogP contribution >= 0.6 is 55.4 Å². The number of thioether (sulfide) groups is 2. The van der Waals surface area contributed by atoms with Gasteiger partial charge in [-0.05, 0) is 56.1 Å². The highest BCUT2D eigenvalue weighted by Crippen LogP contribution is 2.55. The molecule has 2 aliphatic heterocycles. The predicted octanol–water partition coefficient (Wildman–Crippen LogP) is 9.26. The van der Waals surface area contributed by atoms with Crippen LogP contribution in [0.4, 0.5) is 0 Å². The van der Waals surface area contributed by atoms with Crippen LogP contribution in [0, 0.1) is 0 Å². The summed E-state index contributed by atoms with van der Waals surface area (Å²) in [6, 6.07) is 6.64. The van der Waals surface area contributed by atoms with Gasteiger partial charge in [-0.1, -0.05) is 27.7 Å². The van der Waals surface area contributed by atoms with Gasteiger partial charge in [0.1, 0.15) is 54.9 Å². The molecule has 4 unspecified atom stereocenters. The van der Waals surface area contributed by atoms with Crippen molar-refractivity contribution in [3.8, 4) is 46.0 Å². The van der Waals surface area contributed by atoms with Crippen LogP contribution in [-0.2, 0) is 11.5 Å². The summed E-state index contributed by atoms with van der Waals surface area (Å²) in [6.07, 6.45) is 0. The standard InChI is InChI=1S/C36H36Br2O8S2/c1-13-17-7-18-14(2)23-10-24(36(46)28(38)35(23)45)16(4)20-8-19(15(3)22-9-21(13)33(43)27(37)34(22)44)31(41)26(32(20)42)12-48-6-5-47-11-25(29(17)39)30(18)40/h7-10,13-16,39-46H,5-6,11-12H2,1-4H3. The van der Waals surface area contributed by atoms with Crippen molar-refractivity contribution in [2.45, 2.75) is 62.9 Å². The minimum absolute atomic E-state index is 0.0488. The molecule has 0 spiro atoms. The Hall–Kier alpha value is -3.06. The molecule has 254 valence electrons. The van der Waals surface area contributed by atoms with Crippen molar-refractivity contribution in [3.05, 3.63) is 88.8 Å². The maximum Gasteiger partial charge on any atom is 0.137 e. The predicted molar refractivity (Wildman–Crippen MR) is 197 cm³/mol. The van der Waals surface area contributed by atoms with Gasteiger partial charge in [0.2, 0.25) is 0 Å². The fourth-order valence-corrected chi connectivity index (χ4v) is 10.0. The SMILES string of the molecule is CC1c2cc(c(O)c(Br)c2O)C(C)c2cc3c(O)c(c2O)CSCCSCc2c(O)c1cc(c2O)C(C)c1cc(c(O)c(Br)c1O)C3C. The van der Waals surface area contributed by atoms with E-state index in [-0.39, 0.29) is 66.4 Å². The number of phenols is 8. The number of benzene rings is 4. The van der Waals surface area contributed by atoms with E-state index in [1.54, 1.807) is 52.0 Å². The summed E-state index contributed by atoms with van der Waals surface area (Å²) in [5.74, 6) is -2.20. The fourth-order valence-electron chi connectivity index (χ4n) is 6.92.